The van der Waals surface area contributed by atoms with Gasteiger partial charge in [0.05, 0.1) is 12.2 Å². The van der Waals surface area contributed by atoms with E-state index in [-0.39, 0.29) is 10.6 Å². The molecule has 3 N–H and O–H groups in total. The van der Waals surface area contributed by atoms with Crippen LogP contribution >= 0.6 is 0 Å². The number of imide groups is 1. The van der Waals surface area contributed by atoms with Crippen molar-refractivity contribution in [3.8, 4) is 0 Å². The summed E-state index contributed by atoms with van der Waals surface area (Å²) in [6, 6.07) is 2.26. The van der Waals surface area contributed by atoms with Crippen molar-refractivity contribution >= 4 is 27.5 Å². The van der Waals surface area contributed by atoms with Crippen molar-refractivity contribution in [3.05, 3.63) is 23.3 Å². The molecule has 1 aromatic carbocycles. The van der Waals surface area contributed by atoms with E-state index >= 15 is 0 Å². The number of nitrogen functional groups attached to an aromatic ring is 1. The second kappa shape index (κ2) is 5.12. The Balaban J connectivity index is 2.60. The van der Waals surface area contributed by atoms with Gasteiger partial charge in [0, 0.05) is 0 Å². The molecular formula is C13H17N3O4S. The number of rotatable bonds is 2. The number of hydrogen-bond acceptors (Lipinski definition) is 5. The normalized spacial score (nSPS) is 20.4. The number of hydrogen-bond donors (Lipinski definition) is 2. The van der Waals surface area contributed by atoms with Crippen LogP contribution in [0, 0.1) is 13.8 Å². The highest BCUT2D eigenvalue weighted by Crippen LogP contribution is 2.29. The minimum atomic E-state index is -4.03. The minimum absolute atomic E-state index is 0.0446. The maximum Gasteiger partial charge on any atom is 0.246 e. The van der Waals surface area contributed by atoms with Crippen molar-refractivity contribution in [1.82, 2.24) is 9.62 Å². The van der Waals surface area contributed by atoms with Gasteiger partial charge < -0.3 is 5.73 Å². The molecule has 2 amide bonds. The minimum Gasteiger partial charge on any atom is -0.398 e. The molecule has 1 aliphatic rings. The third-order valence-corrected chi connectivity index (χ3v) is 5.77. The number of benzene rings is 1. The van der Waals surface area contributed by atoms with Crippen molar-refractivity contribution in [2.75, 3.05) is 12.3 Å². The van der Waals surface area contributed by atoms with Crippen LogP contribution < -0.4 is 11.1 Å². The molecule has 0 aromatic heterocycles. The van der Waals surface area contributed by atoms with Crippen LogP contribution in [0.25, 0.3) is 0 Å². The highest BCUT2D eigenvalue weighted by Gasteiger charge is 2.40. The van der Waals surface area contributed by atoms with Gasteiger partial charge in [-0.05, 0) is 38.0 Å². The lowest BCUT2D eigenvalue weighted by Gasteiger charge is -2.31. The Bertz CT molecular complexity index is 727. The number of nitrogens with two attached hydrogens (primary N) is 1. The Kier molecular flexibility index (Phi) is 3.77. The average molecular weight is 311 g/mol. The van der Waals surface area contributed by atoms with Gasteiger partial charge in [-0.1, -0.05) is 6.07 Å². The van der Waals surface area contributed by atoms with E-state index in [1.165, 1.54) is 13.0 Å². The number of aryl methyl sites for hydroxylation is 1. The van der Waals surface area contributed by atoms with E-state index in [2.05, 4.69) is 5.32 Å². The van der Waals surface area contributed by atoms with Crippen LogP contribution in [0.2, 0.25) is 0 Å². The Morgan fingerprint density at radius 1 is 1.29 bits per heavy atom. The Labute approximate surface area is 123 Å². The lowest BCUT2D eigenvalue weighted by molar-refractivity contribution is -0.136. The first-order valence-electron chi connectivity index (χ1n) is 6.37. The van der Waals surface area contributed by atoms with Crippen LogP contribution in [0.1, 0.15) is 18.1 Å². The third kappa shape index (κ3) is 2.52. The predicted molar refractivity (Wildman–Crippen MR) is 76.8 cm³/mol. The number of nitrogens with zero attached hydrogens (tertiary/aromatic N) is 1. The summed E-state index contributed by atoms with van der Waals surface area (Å²) in [7, 11) is -4.03. The Hall–Kier alpha value is -1.93. The van der Waals surface area contributed by atoms with E-state index in [0.29, 0.717) is 5.56 Å². The van der Waals surface area contributed by atoms with Gasteiger partial charge in [0.2, 0.25) is 21.8 Å². The Morgan fingerprint density at radius 2 is 1.90 bits per heavy atom. The van der Waals surface area contributed by atoms with Crippen molar-refractivity contribution in [2.24, 2.45) is 0 Å². The topological polar surface area (TPSA) is 110 Å². The number of anilines is 1. The maximum atomic E-state index is 12.8. The molecule has 0 saturated carbocycles. The van der Waals surface area contributed by atoms with Crippen LogP contribution in [0.4, 0.5) is 5.69 Å². The zero-order chi connectivity index (χ0) is 15.9. The van der Waals surface area contributed by atoms with Crippen molar-refractivity contribution < 1.29 is 18.0 Å². The first kappa shape index (κ1) is 15.5. The van der Waals surface area contributed by atoms with Crippen LogP contribution in [0.15, 0.2) is 17.0 Å². The van der Waals surface area contributed by atoms with E-state index in [4.69, 9.17) is 5.73 Å². The summed E-state index contributed by atoms with van der Waals surface area (Å²) in [5.74, 6) is -1.29. The number of amides is 2. The fourth-order valence-electron chi connectivity index (χ4n) is 2.25. The summed E-state index contributed by atoms with van der Waals surface area (Å²) >= 11 is 0. The lowest BCUT2D eigenvalue weighted by atomic mass is 10.1. The van der Waals surface area contributed by atoms with Gasteiger partial charge in [-0.25, -0.2) is 8.42 Å². The summed E-state index contributed by atoms with van der Waals surface area (Å²) in [4.78, 5) is 23.1. The smallest absolute Gasteiger partial charge is 0.246 e. The number of nitrogens with one attached hydrogen (secondary N) is 1. The fourth-order valence-corrected chi connectivity index (χ4v) is 4.20. The second-order valence-electron chi connectivity index (χ2n) is 5.06. The van der Waals surface area contributed by atoms with Crippen molar-refractivity contribution in [3.63, 3.8) is 0 Å². The fraction of sp³-hybridized carbons (Fsp3) is 0.385. The molecule has 0 aliphatic carbocycles. The van der Waals surface area contributed by atoms with Gasteiger partial charge in [0.1, 0.15) is 10.9 Å². The molecule has 2 rings (SSSR count). The number of carbonyl (C=O) groups is 2. The molecule has 1 saturated heterocycles. The number of sulfonamides is 1. The molecule has 0 radical (unpaired) electrons. The molecule has 1 atom stereocenters. The largest absolute Gasteiger partial charge is 0.398 e. The van der Waals surface area contributed by atoms with Gasteiger partial charge in [-0.2, -0.15) is 4.31 Å². The summed E-state index contributed by atoms with van der Waals surface area (Å²) in [5, 5.41) is 2.11. The van der Waals surface area contributed by atoms with E-state index in [1.807, 2.05) is 0 Å². The molecular weight excluding hydrogens is 294 g/mol. The van der Waals surface area contributed by atoms with Gasteiger partial charge in [0.25, 0.3) is 0 Å². The molecule has 1 unspecified atom stereocenters. The third-order valence-electron chi connectivity index (χ3n) is 3.65. The van der Waals surface area contributed by atoms with Gasteiger partial charge in [0.15, 0.2) is 0 Å². The van der Waals surface area contributed by atoms with Crippen LogP contribution in [0.5, 0.6) is 0 Å². The monoisotopic (exact) mass is 311 g/mol. The molecule has 0 spiro atoms. The Morgan fingerprint density at radius 3 is 2.52 bits per heavy atom. The quantitative estimate of drug-likeness (QED) is 0.586. The van der Waals surface area contributed by atoms with Gasteiger partial charge in [-0.3, -0.25) is 14.9 Å². The highest BCUT2D eigenvalue weighted by atomic mass is 32.2. The first-order chi connectivity index (χ1) is 9.66. The predicted octanol–water partition coefficient (Wildman–Crippen LogP) is -0.0788. The standard InChI is InChI=1S/C13H17N3O4S/c1-7-4-5-10(14)12(8(7)2)21(19,20)16-6-11(17)15-13(18)9(16)3/h4-5,9H,6,14H2,1-3H3,(H,15,17,18). The average Bonchev–Trinajstić information content (AvgIpc) is 2.38. The second-order valence-corrected chi connectivity index (χ2v) is 6.89. The molecule has 7 nitrogen and oxygen atoms in total. The van der Waals surface area contributed by atoms with E-state index in [1.54, 1.807) is 19.9 Å². The van der Waals surface area contributed by atoms with Crippen molar-refractivity contribution in [2.45, 2.75) is 31.7 Å². The maximum absolute atomic E-state index is 12.8. The molecule has 21 heavy (non-hydrogen) atoms. The molecule has 1 aliphatic heterocycles. The van der Waals surface area contributed by atoms with Gasteiger partial charge in [-0.15, -0.1) is 0 Å². The molecule has 1 aromatic rings. The first-order valence-corrected chi connectivity index (χ1v) is 7.81. The van der Waals surface area contributed by atoms with Gasteiger partial charge >= 0.3 is 0 Å². The van der Waals surface area contributed by atoms with E-state index < -0.39 is 34.4 Å². The molecule has 1 heterocycles. The van der Waals surface area contributed by atoms with Crippen LogP contribution in [0.3, 0.4) is 0 Å². The summed E-state index contributed by atoms with van der Waals surface area (Å²) in [5.41, 5.74) is 7.19. The van der Waals surface area contributed by atoms with E-state index in [0.717, 1.165) is 9.87 Å². The molecule has 114 valence electrons. The zero-order valence-electron chi connectivity index (χ0n) is 12.0. The number of piperazine rings is 1. The lowest BCUT2D eigenvalue weighted by Crippen LogP contribution is -2.58. The van der Waals surface area contributed by atoms with Crippen LogP contribution in [-0.2, 0) is 19.6 Å². The zero-order valence-corrected chi connectivity index (χ0v) is 12.8. The molecule has 0 bridgehead atoms. The van der Waals surface area contributed by atoms with Crippen molar-refractivity contribution in [1.29, 1.82) is 0 Å². The highest BCUT2D eigenvalue weighted by molar-refractivity contribution is 7.89. The molecule has 1 fully saturated rings. The molecule has 8 heteroatoms. The number of carbonyl (C=O) groups excluding carboxylic acids is 2. The van der Waals surface area contributed by atoms with E-state index in [9.17, 15) is 18.0 Å². The SMILES string of the molecule is Cc1ccc(N)c(S(=O)(=O)N2CC(=O)NC(=O)C2C)c1C. The summed E-state index contributed by atoms with van der Waals surface area (Å²) in [6.45, 7) is 4.45. The van der Waals surface area contributed by atoms with Crippen LogP contribution in [-0.4, -0.2) is 37.1 Å². The summed E-state index contributed by atoms with van der Waals surface area (Å²) in [6.07, 6.45) is 0. The summed E-state index contributed by atoms with van der Waals surface area (Å²) < 4.78 is 26.5.